The van der Waals surface area contributed by atoms with Gasteiger partial charge in [0.2, 0.25) is 0 Å². The standard InChI is InChI=1S/C10H7F5N2/c1-17(10(14,15)9(11,12)13)8-4-2-7(6-16)3-5-8/h2-5H,1H3. The van der Waals surface area contributed by atoms with Gasteiger partial charge in [-0.2, -0.15) is 27.2 Å². The van der Waals surface area contributed by atoms with E-state index in [1.165, 1.54) is 0 Å². The number of anilines is 1. The van der Waals surface area contributed by atoms with Crippen molar-refractivity contribution in [2.45, 2.75) is 12.2 Å². The Kier molecular flexibility index (Phi) is 3.27. The van der Waals surface area contributed by atoms with Crippen molar-refractivity contribution in [1.29, 1.82) is 5.26 Å². The number of alkyl halides is 5. The van der Waals surface area contributed by atoms with E-state index in [-0.39, 0.29) is 16.2 Å². The Bertz CT molecular complexity index is 429. The Labute approximate surface area is 93.9 Å². The summed E-state index contributed by atoms with van der Waals surface area (Å²) in [6.07, 6.45) is -5.66. The minimum Gasteiger partial charge on any atom is -0.309 e. The fourth-order valence-electron chi connectivity index (χ4n) is 1.11. The van der Waals surface area contributed by atoms with Crippen molar-refractivity contribution < 1.29 is 22.0 Å². The van der Waals surface area contributed by atoms with E-state index in [4.69, 9.17) is 5.26 Å². The maximum Gasteiger partial charge on any atom is 0.475 e. The Balaban J connectivity index is 3.04. The van der Waals surface area contributed by atoms with Gasteiger partial charge in [-0.25, -0.2) is 0 Å². The van der Waals surface area contributed by atoms with Gasteiger partial charge < -0.3 is 4.90 Å². The van der Waals surface area contributed by atoms with Crippen LogP contribution in [0.25, 0.3) is 0 Å². The quantitative estimate of drug-likeness (QED) is 0.595. The zero-order valence-electron chi connectivity index (χ0n) is 8.59. The highest BCUT2D eigenvalue weighted by Gasteiger charge is 2.60. The molecular formula is C10H7F5N2. The van der Waals surface area contributed by atoms with Crippen molar-refractivity contribution in [2.75, 3.05) is 11.9 Å². The van der Waals surface area contributed by atoms with Crippen molar-refractivity contribution >= 4 is 5.69 Å². The molecule has 0 atom stereocenters. The predicted octanol–water partition coefficient (Wildman–Crippen LogP) is 3.15. The summed E-state index contributed by atoms with van der Waals surface area (Å²) in [5, 5.41) is 8.46. The minimum atomic E-state index is -5.66. The predicted molar refractivity (Wildman–Crippen MR) is 50.6 cm³/mol. The Morgan fingerprint density at radius 3 is 1.88 bits per heavy atom. The van der Waals surface area contributed by atoms with E-state index >= 15 is 0 Å². The maximum absolute atomic E-state index is 12.9. The van der Waals surface area contributed by atoms with Gasteiger partial charge in [0, 0.05) is 12.7 Å². The average Bonchev–Trinajstić information content (AvgIpc) is 2.26. The molecule has 0 aromatic heterocycles. The lowest BCUT2D eigenvalue weighted by molar-refractivity contribution is -0.280. The average molecular weight is 250 g/mol. The van der Waals surface area contributed by atoms with Gasteiger partial charge in [0.25, 0.3) is 0 Å². The first-order valence-corrected chi connectivity index (χ1v) is 4.38. The molecule has 0 bridgehead atoms. The van der Waals surface area contributed by atoms with Crippen LogP contribution >= 0.6 is 0 Å². The highest BCUT2D eigenvalue weighted by molar-refractivity contribution is 5.50. The van der Waals surface area contributed by atoms with Gasteiger partial charge >= 0.3 is 12.2 Å². The van der Waals surface area contributed by atoms with Crippen LogP contribution in [0.1, 0.15) is 5.56 Å². The number of nitriles is 1. The van der Waals surface area contributed by atoms with Crippen LogP contribution in [0, 0.1) is 11.3 Å². The molecule has 0 aliphatic heterocycles. The third-order valence-electron chi connectivity index (χ3n) is 2.15. The van der Waals surface area contributed by atoms with Crippen LogP contribution in [0.4, 0.5) is 27.6 Å². The molecule has 0 unspecified atom stereocenters. The molecule has 17 heavy (non-hydrogen) atoms. The number of hydrogen-bond donors (Lipinski definition) is 0. The molecule has 92 valence electrons. The zero-order chi connectivity index (χ0) is 13.3. The fourth-order valence-corrected chi connectivity index (χ4v) is 1.11. The molecule has 2 nitrogen and oxygen atoms in total. The first-order chi connectivity index (χ1) is 7.70. The second-order valence-corrected chi connectivity index (χ2v) is 3.26. The molecule has 0 fully saturated rings. The van der Waals surface area contributed by atoms with Crippen LogP contribution in [0.3, 0.4) is 0 Å². The molecule has 1 aromatic rings. The molecule has 0 saturated carbocycles. The Morgan fingerprint density at radius 2 is 1.53 bits per heavy atom. The van der Waals surface area contributed by atoms with E-state index in [1.54, 1.807) is 6.07 Å². The molecule has 7 heteroatoms. The first kappa shape index (κ1) is 13.2. The highest BCUT2D eigenvalue weighted by Crippen LogP contribution is 2.39. The summed E-state index contributed by atoms with van der Waals surface area (Å²) < 4.78 is 62.1. The molecule has 0 spiro atoms. The molecule has 1 rings (SSSR count). The molecule has 1 aromatic carbocycles. The van der Waals surface area contributed by atoms with Gasteiger partial charge in [-0.05, 0) is 24.3 Å². The zero-order valence-corrected chi connectivity index (χ0v) is 8.59. The highest BCUT2D eigenvalue weighted by atomic mass is 19.4. The van der Waals surface area contributed by atoms with Gasteiger partial charge in [0.05, 0.1) is 11.6 Å². The summed E-state index contributed by atoms with van der Waals surface area (Å²) in [4.78, 5) is -0.186. The number of halogens is 5. The summed E-state index contributed by atoms with van der Waals surface area (Å²) in [6, 6.07) is 1.16. The van der Waals surface area contributed by atoms with Crippen molar-refractivity contribution in [3.8, 4) is 6.07 Å². The summed E-state index contributed by atoms with van der Waals surface area (Å²) in [6.45, 7) is 0. The third-order valence-corrected chi connectivity index (χ3v) is 2.15. The van der Waals surface area contributed by atoms with Crippen LogP contribution in [0.2, 0.25) is 0 Å². The van der Waals surface area contributed by atoms with Crippen LogP contribution in [-0.2, 0) is 0 Å². The van der Waals surface area contributed by atoms with Gasteiger partial charge in [-0.1, -0.05) is 0 Å². The van der Waals surface area contributed by atoms with Crippen LogP contribution < -0.4 is 4.90 Å². The van der Waals surface area contributed by atoms with Crippen molar-refractivity contribution in [3.63, 3.8) is 0 Å². The van der Waals surface area contributed by atoms with Crippen LogP contribution in [0.15, 0.2) is 24.3 Å². The molecule has 0 heterocycles. The van der Waals surface area contributed by atoms with E-state index in [1.807, 2.05) is 0 Å². The number of rotatable bonds is 2. The lowest BCUT2D eigenvalue weighted by Crippen LogP contribution is -2.50. The molecule has 0 aliphatic carbocycles. The lowest BCUT2D eigenvalue weighted by Gasteiger charge is -2.30. The van der Waals surface area contributed by atoms with E-state index in [0.717, 1.165) is 24.3 Å². The molecule has 0 saturated heterocycles. The smallest absolute Gasteiger partial charge is 0.309 e. The van der Waals surface area contributed by atoms with Gasteiger partial charge in [-0.15, -0.1) is 0 Å². The SMILES string of the molecule is CN(c1ccc(C#N)cc1)C(F)(F)C(F)(F)F. The largest absolute Gasteiger partial charge is 0.475 e. The lowest BCUT2D eigenvalue weighted by atomic mass is 10.2. The normalized spacial score (nSPS) is 12.1. The van der Waals surface area contributed by atoms with Gasteiger partial charge in [-0.3, -0.25) is 0 Å². The second kappa shape index (κ2) is 4.20. The first-order valence-electron chi connectivity index (χ1n) is 4.38. The minimum absolute atomic E-state index is 0.178. The fraction of sp³-hybridized carbons (Fsp3) is 0.300. The monoisotopic (exact) mass is 250 g/mol. The Hall–Kier alpha value is -1.84. The molecule has 0 amide bonds. The van der Waals surface area contributed by atoms with E-state index in [2.05, 4.69) is 0 Å². The summed E-state index contributed by atoms with van der Waals surface area (Å²) in [5.41, 5.74) is -0.149. The summed E-state index contributed by atoms with van der Waals surface area (Å²) in [5.74, 6) is 0. The molecule has 0 aliphatic rings. The van der Waals surface area contributed by atoms with Crippen LogP contribution in [-0.4, -0.2) is 19.3 Å². The van der Waals surface area contributed by atoms with E-state index in [9.17, 15) is 22.0 Å². The number of nitrogens with zero attached hydrogens (tertiary/aromatic N) is 2. The molecule has 0 radical (unpaired) electrons. The molecular weight excluding hydrogens is 243 g/mol. The van der Waals surface area contributed by atoms with Crippen molar-refractivity contribution in [1.82, 2.24) is 0 Å². The third kappa shape index (κ3) is 2.46. The van der Waals surface area contributed by atoms with Crippen LogP contribution in [0.5, 0.6) is 0 Å². The number of hydrogen-bond acceptors (Lipinski definition) is 2. The molecule has 0 N–H and O–H groups in total. The van der Waals surface area contributed by atoms with E-state index < -0.39 is 12.2 Å². The maximum atomic E-state index is 12.9. The van der Waals surface area contributed by atoms with Gasteiger partial charge in [0.1, 0.15) is 0 Å². The topological polar surface area (TPSA) is 27.0 Å². The Morgan fingerprint density at radius 1 is 1.06 bits per heavy atom. The van der Waals surface area contributed by atoms with Crippen molar-refractivity contribution in [2.24, 2.45) is 0 Å². The summed E-state index contributed by atoms with van der Waals surface area (Å²) >= 11 is 0. The summed E-state index contributed by atoms with van der Waals surface area (Å²) in [7, 11) is 0.634. The second-order valence-electron chi connectivity index (χ2n) is 3.26. The van der Waals surface area contributed by atoms with Gasteiger partial charge in [0.15, 0.2) is 0 Å². The number of benzene rings is 1. The van der Waals surface area contributed by atoms with Crippen molar-refractivity contribution in [3.05, 3.63) is 29.8 Å². The van der Waals surface area contributed by atoms with E-state index in [0.29, 0.717) is 7.05 Å².